The van der Waals surface area contributed by atoms with E-state index in [1.807, 2.05) is 0 Å². The van der Waals surface area contributed by atoms with Gasteiger partial charge < -0.3 is 15.3 Å². The highest BCUT2D eigenvalue weighted by atomic mass is 16.3. The first kappa shape index (κ1) is 13.9. The minimum atomic E-state index is 0.257. The Bertz CT molecular complexity index is 177. The monoisotopic (exact) mass is 228 g/mol. The van der Waals surface area contributed by atoms with Crippen LogP contribution in [0.15, 0.2) is 0 Å². The molecule has 1 rings (SSSR count). The Kier molecular flexibility index (Phi) is 6.32. The average Bonchev–Trinajstić information content (AvgIpc) is 2.23. The first-order chi connectivity index (χ1) is 7.65. The number of likely N-dealkylation sites (tertiary alicyclic amines) is 1. The summed E-state index contributed by atoms with van der Waals surface area (Å²) in [6.07, 6.45) is 2.43. The van der Waals surface area contributed by atoms with Gasteiger partial charge in [0, 0.05) is 19.1 Å². The van der Waals surface area contributed by atoms with Gasteiger partial charge in [0.15, 0.2) is 0 Å². The van der Waals surface area contributed by atoms with Crippen LogP contribution in [0.3, 0.4) is 0 Å². The summed E-state index contributed by atoms with van der Waals surface area (Å²) in [6.45, 7) is 11.6. The number of nitrogens with zero attached hydrogens (tertiary/aromatic N) is 1. The summed E-state index contributed by atoms with van der Waals surface area (Å²) in [4.78, 5) is 2.55. The molecule has 96 valence electrons. The fourth-order valence-electron chi connectivity index (χ4n) is 2.86. The number of rotatable bonds is 6. The minimum absolute atomic E-state index is 0.257. The van der Waals surface area contributed by atoms with Crippen molar-refractivity contribution in [3.63, 3.8) is 0 Å². The van der Waals surface area contributed by atoms with Crippen LogP contribution in [0.4, 0.5) is 0 Å². The molecule has 16 heavy (non-hydrogen) atoms. The highest BCUT2D eigenvalue weighted by Gasteiger charge is 2.21. The summed E-state index contributed by atoms with van der Waals surface area (Å²) in [5.41, 5.74) is 0. The predicted molar refractivity (Wildman–Crippen MR) is 68.6 cm³/mol. The van der Waals surface area contributed by atoms with Gasteiger partial charge in [0.05, 0.1) is 6.61 Å². The van der Waals surface area contributed by atoms with Gasteiger partial charge in [-0.3, -0.25) is 0 Å². The van der Waals surface area contributed by atoms with E-state index in [0.717, 1.165) is 31.3 Å². The van der Waals surface area contributed by atoms with E-state index in [-0.39, 0.29) is 12.6 Å². The molecule has 0 amide bonds. The number of aliphatic hydroxyl groups excluding tert-OH is 1. The maximum atomic E-state index is 9.21. The van der Waals surface area contributed by atoms with E-state index in [1.165, 1.54) is 19.5 Å². The number of aliphatic hydroxyl groups is 1. The summed E-state index contributed by atoms with van der Waals surface area (Å²) >= 11 is 0. The predicted octanol–water partition coefficient (Wildman–Crippen LogP) is 1.32. The fourth-order valence-corrected chi connectivity index (χ4v) is 2.86. The Morgan fingerprint density at radius 2 is 1.94 bits per heavy atom. The van der Waals surface area contributed by atoms with Crippen LogP contribution in [-0.4, -0.2) is 48.8 Å². The second kappa shape index (κ2) is 7.25. The molecule has 0 aromatic rings. The molecular formula is C13H28N2O. The van der Waals surface area contributed by atoms with Crippen molar-refractivity contribution in [1.29, 1.82) is 0 Å². The van der Waals surface area contributed by atoms with E-state index in [4.69, 9.17) is 0 Å². The van der Waals surface area contributed by atoms with Crippen molar-refractivity contribution in [3.05, 3.63) is 0 Å². The minimum Gasteiger partial charge on any atom is -0.395 e. The zero-order valence-corrected chi connectivity index (χ0v) is 11.1. The van der Waals surface area contributed by atoms with E-state index in [0.29, 0.717) is 0 Å². The van der Waals surface area contributed by atoms with Crippen LogP contribution >= 0.6 is 0 Å². The molecule has 3 nitrogen and oxygen atoms in total. The van der Waals surface area contributed by atoms with Crippen molar-refractivity contribution in [2.45, 2.75) is 39.7 Å². The Morgan fingerprint density at radius 3 is 2.44 bits per heavy atom. The molecular weight excluding hydrogens is 200 g/mol. The largest absolute Gasteiger partial charge is 0.395 e. The quantitative estimate of drug-likeness (QED) is 0.720. The molecule has 3 atom stereocenters. The van der Waals surface area contributed by atoms with Gasteiger partial charge in [-0.05, 0) is 37.8 Å². The molecule has 0 aromatic heterocycles. The van der Waals surface area contributed by atoms with Crippen molar-refractivity contribution in [3.8, 4) is 0 Å². The molecule has 1 aliphatic rings. The third-order valence-electron chi connectivity index (χ3n) is 3.45. The van der Waals surface area contributed by atoms with Gasteiger partial charge in [0.25, 0.3) is 0 Å². The van der Waals surface area contributed by atoms with Crippen LogP contribution in [0.2, 0.25) is 0 Å². The van der Waals surface area contributed by atoms with Crippen molar-refractivity contribution >= 4 is 0 Å². The van der Waals surface area contributed by atoms with Gasteiger partial charge in [-0.25, -0.2) is 0 Å². The van der Waals surface area contributed by atoms with Crippen LogP contribution in [0.1, 0.15) is 33.6 Å². The van der Waals surface area contributed by atoms with Crippen molar-refractivity contribution < 1.29 is 5.11 Å². The SMILES string of the molecule is CCNC(CO)CCN1CC(C)CC(C)C1. The van der Waals surface area contributed by atoms with E-state index in [9.17, 15) is 5.11 Å². The summed E-state index contributed by atoms with van der Waals surface area (Å²) in [5.74, 6) is 1.66. The van der Waals surface area contributed by atoms with Crippen LogP contribution in [0, 0.1) is 11.8 Å². The third kappa shape index (κ3) is 4.81. The van der Waals surface area contributed by atoms with Gasteiger partial charge in [0.1, 0.15) is 0 Å². The maximum absolute atomic E-state index is 9.21. The topological polar surface area (TPSA) is 35.5 Å². The third-order valence-corrected chi connectivity index (χ3v) is 3.45. The lowest BCUT2D eigenvalue weighted by Gasteiger charge is -2.35. The van der Waals surface area contributed by atoms with Crippen molar-refractivity contribution in [1.82, 2.24) is 10.2 Å². The Labute approximate surface area is 100 Å². The maximum Gasteiger partial charge on any atom is 0.0585 e. The van der Waals surface area contributed by atoms with Gasteiger partial charge >= 0.3 is 0 Å². The first-order valence-electron chi connectivity index (χ1n) is 6.72. The van der Waals surface area contributed by atoms with E-state index >= 15 is 0 Å². The summed E-state index contributed by atoms with van der Waals surface area (Å²) in [6, 6.07) is 0.275. The average molecular weight is 228 g/mol. The Hall–Kier alpha value is -0.120. The van der Waals surface area contributed by atoms with Gasteiger partial charge in [-0.1, -0.05) is 20.8 Å². The number of piperidine rings is 1. The molecule has 1 aliphatic heterocycles. The second-order valence-corrected chi connectivity index (χ2v) is 5.43. The number of likely N-dealkylation sites (N-methyl/N-ethyl adjacent to an activating group) is 1. The lowest BCUT2D eigenvalue weighted by Crippen LogP contribution is -2.42. The molecule has 0 bridgehead atoms. The van der Waals surface area contributed by atoms with E-state index in [2.05, 4.69) is 31.0 Å². The fraction of sp³-hybridized carbons (Fsp3) is 1.00. The van der Waals surface area contributed by atoms with Crippen LogP contribution < -0.4 is 5.32 Å². The molecule has 3 unspecified atom stereocenters. The van der Waals surface area contributed by atoms with E-state index < -0.39 is 0 Å². The number of nitrogens with one attached hydrogen (secondary N) is 1. The highest BCUT2D eigenvalue weighted by Crippen LogP contribution is 2.20. The lowest BCUT2D eigenvalue weighted by molar-refractivity contribution is 0.129. The Morgan fingerprint density at radius 1 is 1.31 bits per heavy atom. The summed E-state index contributed by atoms with van der Waals surface area (Å²) < 4.78 is 0. The van der Waals surface area contributed by atoms with Gasteiger partial charge in [0.2, 0.25) is 0 Å². The number of hydrogen-bond donors (Lipinski definition) is 2. The van der Waals surface area contributed by atoms with Crippen LogP contribution in [0.25, 0.3) is 0 Å². The normalized spacial score (nSPS) is 29.2. The van der Waals surface area contributed by atoms with Gasteiger partial charge in [-0.15, -0.1) is 0 Å². The van der Waals surface area contributed by atoms with Crippen molar-refractivity contribution in [2.75, 3.05) is 32.8 Å². The summed E-state index contributed by atoms with van der Waals surface area (Å²) in [5, 5.41) is 12.5. The second-order valence-electron chi connectivity index (χ2n) is 5.43. The molecule has 1 fully saturated rings. The molecule has 1 saturated heterocycles. The molecule has 0 aliphatic carbocycles. The Balaban J connectivity index is 2.25. The first-order valence-corrected chi connectivity index (χ1v) is 6.72. The van der Waals surface area contributed by atoms with Crippen molar-refractivity contribution in [2.24, 2.45) is 11.8 Å². The highest BCUT2D eigenvalue weighted by molar-refractivity contribution is 4.76. The molecule has 1 heterocycles. The molecule has 0 radical (unpaired) electrons. The molecule has 2 N–H and O–H groups in total. The van der Waals surface area contributed by atoms with E-state index in [1.54, 1.807) is 0 Å². The number of hydrogen-bond acceptors (Lipinski definition) is 3. The zero-order valence-electron chi connectivity index (χ0n) is 11.1. The molecule has 0 aromatic carbocycles. The van der Waals surface area contributed by atoms with Crippen LogP contribution in [-0.2, 0) is 0 Å². The van der Waals surface area contributed by atoms with Crippen LogP contribution in [0.5, 0.6) is 0 Å². The smallest absolute Gasteiger partial charge is 0.0585 e. The summed E-state index contributed by atoms with van der Waals surface area (Å²) in [7, 11) is 0. The standard InChI is InChI=1S/C13H28N2O/c1-4-14-13(10-16)5-6-15-8-11(2)7-12(3)9-15/h11-14,16H,4-10H2,1-3H3. The lowest BCUT2D eigenvalue weighted by atomic mass is 9.92. The molecule has 0 spiro atoms. The van der Waals surface area contributed by atoms with Gasteiger partial charge in [-0.2, -0.15) is 0 Å². The zero-order chi connectivity index (χ0) is 12.0. The molecule has 0 saturated carbocycles. The molecule has 3 heteroatoms.